The molecular weight excluding hydrogens is 286 g/mol. The van der Waals surface area contributed by atoms with E-state index in [0.717, 1.165) is 11.1 Å². The maximum absolute atomic E-state index is 12.9. The molecule has 0 aliphatic heterocycles. The van der Waals surface area contributed by atoms with Crippen molar-refractivity contribution in [3.63, 3.8) is 0 Å². The van der Waals surface area contributed by atoms with Crippen molar-refractivity contribution in [2.75, 3.05) is 0 Å². The highest BCUT2D eigenvalue weighted by molar-refractivity contribution is 6.33. The molecule has 0 aromatic heterocycles. The van der Waals surface area contributed by atoms with E-state index in [0.29, 0.717) is 16.5 Å². The molecule has 0 saturated heterocycles. The van der Waals surface area contributed by atoms with Crippen molar-refractivity contribution < 1.29 is 4.39 Å². The molecule has 3 N–H and O–H groups in total. The third-order valence-corrected chi connectivity index (χ3v) is 3.47. The number of benzene rings is 2. The lowest BCUT2D eigenvalue weighted by Gasteiger charge is -2.18. The first-order valence-corrected chi connectivity index (χ1v) is 6.51. The Kier molecular flexibility index (Phi) is 4.77. The Bertz CT molecular complexity index is 558. The molecule has 1 unspecified atom stereocenters. The van der Waals surface area contributed by atoms with Gasteiger partial charge in [-0.05, 0) is 47.9 Å². The van der Waals surface area contributed by atoms with Gasteiger partial charge in [0.1, 0.15) is 5.82 Å². The predicted octanol–water partition coefficient (Wildman–Crippen LogP) is 3.88. The van der Waals surface area contributed by atoms with Crippen LogP contribution >= 0.6 is 23.2 Å². The first-order valence-electron chi connectivity index (χ1n) is 5.75. The summed E-state index contributed by atoms with van der Waals surface area (Å²) in [5.74, 6) is 5.31. The fourth-order valence-corrected chi connectivity index (χ4v) is 2.33. The van der Waals surface area contributed by atoms with Crippen molar-refractivity contribution in [2.45, 2.75) is 12.5 Å². The number of nitrogens with one attached hydrogen (secondary N) is 1. The topological polar surface area (TPSA) is 38.0 Å². The summed E-state index contributed by atoms with van der Waals surface area (Å²) in [6.45, 7) is 0. The van der Waals surface area contributed by atoms with E-state index in [9.17, 15) is 4.39 Å². The minimum atomic E-state index is -0.262. The van der Waals surface area contributed by atoms with E-state index in [1.165, 1.54) is 12.1 Å². The van der Waals surface area contributed by atoms with Gasteiger partial charge in [-0.3, -0.25) is 11.3 Å². The highest BCUT2D eigenvalue weighted by Gasteiger charge is 2.14. The van der Waals surface area contributed by atoms with Gasteiger partial charge < -0.3 is 0 Å². The summed E-state index contributed by atoms with van der Waals surface area (Å²) in [4.78, 5) is 0. The van der Waals surface area contributed by atoms with Crippen LogP contribution in [0, 0.1) is 5.82 Å². The third-order valence-electron chi connectivity index (χ3n) is 2.89. The molecule has 0 heterocycles. The van der Waals surface area contributed by atoms with E-state index in [4.69, 9.17) is 29.0 Å². The van der Waals surface area contributed by atoms with Crippen LogP contribution in [-0.2, 0) is 6.42 Å². The first kappa shape index (κ1) is 14.3. The zero-order valence-electron chi connectivity index (χ0n) is 10.0. The van der Waals surface area contributed by atoms with Crippen LogP contribution in [0.4, 0.5) is 4.39 Å². The summed E-state index contributed by atoms with van der Waals surface area (Å²) in [5, 5.41) is 1.19. The average Bonchev–Trinajstić information content (AvgIpc) is 2.41. The molecule has 100 valence electrons. The Morgan fingerprint density at radius 3 is 2.42 bits per heavy atom. The SMILES string of the molecule is NNC(Cc1ccc(F)cc1)c1cc(Cl)ccc1Cl. The van der Waals surface area contributed by atoms with Crippen LogP contribution in [-0.4, -0.2) is 0 Å². The molecule has 0 radical (unpaired) electrons. The standard InChI is InChI=1S/C14H13Cl2FN2/c15-10-3-6-13(16)12(8-10)14(19-18)7-9-1-4-11(17)5-2-9/h1-6,8,14,19H,7,18H2. The molecule has 2 nitrogen and oxygen atoms in total. The van der Waals surface area contributed by atoms with Gasteiger partial charge >= 0.3 is 0 Å². The van der Waals surface area contributed by atoms with E-state index in [2.05, 4.69) is 5.43 Å². The maximum atomic E-state index is 12.9. The summed E-state index contributed by atoms with van der Waals surface area (Å²) >= 11 is 12.1. The van der Waals surface area contributed by atoms with Crippen molar-refractivity contribution in [1.82, 2.24) is 5.43 Å². The average molecular weight is 299 g/mol. The second-order valence-electron chi connectivity index (χ2n) is 4.22. The largest absolute Gasteiger partial charge is 0.271 e. The zero-order valence-corrected chi connectivity index (χ0v) is 11.5. The molecule has 0 aliphatic rings. The molecule has 1 atom stereocenters. The fraction of sp³-hybridized carbons (Fsp3) is 0.143. The van der Waals surface area contributed by atoms with Crippen molar-refractivity contribution >= 4 is 23.2 Å². The van der Waals surface area contributed by atoms with E-state index in [1.54, 1.807) is 30.3 Å². The van der Waals surface area contributed by atoms with Crippen LogP contribution in [0.15, 0.2) is 42.5 Å². The van der Waals surface area contributed by atoms with Crippen LogP contribution in [0.25, 0.3) is 0 Å². The van der Waals surface area contributed by atoms with Gasteiger partial charge in [-0.25, -0.2) is 4.39 Å². The quantitative estimate of drug-likeness (QED) is 0.664. The van der Waals surface area contributed by atoms with Gasteiger partial charge in [0.05, 0.1) is 6.04 Å². The van der Waals surface area contributed by atoms with Gasteiger partial charge in [-0.15, -0.1) is 0 Å². The summed E-state index contributed by atoms with van der Waals surface area (Å²) in [5.41, 5.74) is 4.49. The van der Waals surface area contributed by atoms with Gasteiger partial charge in [0.25, 0.3) is 0 Å². The normalized spacial score (nSPS) is 12.4. The highest BCUT2D eigenvalue weighted by Crippen LogP contribution is 2.28. The van der Waals surface area contributed by atoms with Gasteiger partial charge in [-0.1, -0.05) is 35.3 Å². The molecule has 2 aromatic rings. The van der Waals surface area contributed by atoms with Crippen molar-refractivity contribution in [3.05, 3.63) is 69.5 Å². The lowest BCUT2D eigenvalue weighted by Crippen LogP contribution is -2.29. The molecule has 0 amide bonds. The lowest BCUT2D eigenvalue weighted by atomic mass is 9.99. The third kappa shape index (κ3) is 3.67. The van der Waals surface area contributed by atoms with Crippen molar-refractivity contribution in [3.8, 4) is 0 Å². The molecule has 2 aromatic carbocycles. The number of hydrazine groups is 1. The maximum Gasteiger partial charge on any atom is 0.123 e. The van der Waals surface area contributed by atoms with E-state index in [1.807, 2.05) is 0 Å². The van der Waals surface area contributed by atoms with Gasteiger partial charge in [0.2, 0.25) is 0 Å². The second-order valence-corrected chi connectivity index (χ2v) is 5.06. The van der Waals surface area contributed by atoms with Gasteiger partial charge in [-0.2, -0.15) is 0 Å². The molecule has 0 bridgehead atoms. The van der Waals surface area contributed by atoms with Crippen LogP contribution < -0.4 is 11.3 Å². The molecule has 5 heteroatoms. The van der Waals surface area contributed by atoms with E-state index < -0.39 is 0 Å². The van der Waals surface area contributed by atoms with E-state index >= 15 is 0 Å². The summed E-state index contributed by atoms with van der Waals surface area (Å²) < 4.78 is 12.9. The minimum absolute atomic E-state index is 0.184. The van der Waals surface area contributed by atoms with Gasteiger partial charge in [0.15, 0.2) is 0 Å². The van der Waals surface area contributed by atoms with Gasteiger partial charge in [0, 0.05) is 10.0 Å². The number of rotatable bonds is 4. The molecule has 0 spiro atoms. The first-order chi connectivity index (χ1) is 9.10. The summed E-state index contributed by atoms with van der Waals surface area (Å²) in [7, 11) is 0. The van der Waals surface area contributed by atoms with E-state index in [-0.39, 0.29) is 11.9 Å². The van der Waals surface area contributed by atoms with Crippen LogP contribution in [0.5, 0.6) is 0 Å². The number of nitrogens with two attached hydrogens (primary N) is 1. The monoisotopic (exact) mass is 298 g/mol. The predicted molar refractivity (Wildman–Crippen MR) is 76.6 cm³/mol. The van der Waals surface area contributed by atoms with Crippen LogP contribution in [0.1, 0.15) is 17.2 Å². The Hall–Kier alpha value is -1.13. The Morgan fingerprint density at radius 1 is 1.11 bits per heavy atom. The molecule has 0 saturated carbocycles. The summed E-state index contributed by atoms with van der Waals surface area (Å²) in [6, 6.07) is 11.3. The molecule has 2 rings (SSSR count). The Morgan fingerprint density at radius 2 is 1.79 bits per heavy atom. The number of hydrogen-bond donors (Lipinski definition) is 2. The molecule has 0 fully saturated rings. The molecular formula is C14H13Cl2FN2. The van der Waals surface area contributed by atoms with Crippen molar-refractivity contribution in [2.24, 2.45) is 5.84 Å². The fourth-order valence-electron chi connectivity index (χ4n) is 1.90. The molecule has 0 aliphatic carbocycles. The Labute approximate surface area is 121 Å². The minimum Gasteiger partial charge on any atom is -0.271 e. The lowest BCUT2D eigenvalue weighted by molar-refractivity contribution is 0.551. The van der Waals surface area contributed by atoms with Crippen LogP contribution in [0.2, 0.25) is 10.0 Å². The smallest absolute Gasteiger partial charge is 0.123 e. The summed E-state index contributed by atoms with van der Waals surface area (Å²) in [6.07, 6.45) is 0.594. The molecule has 19 heavy (non-hydrogen) atoms. The second kappa shape index (κ2) is 6.35. The zero-order chi connectivity index (χ0) is 13.8. The number of hydrogen-bond acceptors (Lipinski definition) is 2. The number of halogens is 3. The van der Waals surface area contributed by atoms with Crippen molar-refractivity contribution in [1.29, 1.82) is 0 Å². The highest BCUT2D eigenvalue weighted by atomic mass is 35.5. The Balaban J connectivity index is 2.24. The van der Waals surface area contributed by atoms with Crippen LogP contribution in [0.3, 0.4) is 0 Å².